The smallest absolute Gasteiger partial charge is 0.219 e. The number of Topliss-reactive ketones (excluding diaryl/α,β-unsaturated/α-hetero) is 1. The SMILES string of the molecule is COc1ccc(Cn2nc(C(C)=O)c(-c3ccc(C4=CCN(C(C)=O)CC4)cc3)n2)cc1. The van der Waals surface area contributed by atoms with Gasteiger partial charge in [0.25, 0.3) is 0 Å². The Morgan fingerprint density at radius 1 is 0.969 bits per heavy atom. The molecule has 1 aromatic heterocycles. The molecule has 7 heteroatoms. The quantitative estimate of drug-likeness (QED) is 0.556. The van der Waals surface area contributed by atoms with Crippen molar-refractivity contribution in [2.75, 3.05) is 20.2 Å². The molecule has 32 heavy (non-hydrogen) atoms. The van der Waals surface area contributed by atoms with Crippen molar-refractivity contribution in [3.05, 3.63) is 71.4 Å². The van der Waals surface area contributed by atoms with Gasteiger partial charge in [-0.1, -0.05) is 42.5 Å². The maximum Gasteiger partial charge on any atom is 0.219 e. The summed E-state index contributed by atoms with van der Waals surface area (Å²) >= 11 is 0. The first kappa shape index (κ1) is 21.5. The lowest BCUT2D eigenvalue weighted by Gasteiger charge is -2.25. The Kier molecular flexibility index (Phi) is 6.16. The highest BCUT2D eigenvalue weighted by Gasteiger charge is 2.18. The number of hydrogen-bond donors (Lipinski definition) is 0. The Morgan fingerprint density at radius 3 is 2.22 bits per heavy atom. The highest BCUT2D eigenvalue weighted by atomic mass is 16.5. The Labute approximate surface area is 187 Å². The number of hydrogen-bond acceptors (Lipinski definition) is 5. The Hall–Kier alpha value is -3.74. The Bertz CT molecular complexity index is 1160. The summed E-state index contributed by atoms with van der Waals surface area (Å²) in [4.78, 5) is 27.1. The van der Waals surface area contributed by atoms with Gasteiger partial charge in [0, 0.05) is 32.5 Å². The fourth-order valence-electron chi connectivity index (χ4n) is 3.80. The number of benzene rings is 2. The summed E-state index contributed by atoms with van der Waals surface area (Å²) in [5, 5.41) is 9.04. The van der Waals surface area contributed by atoms with E-state index in [-0.39, 0.29) is 11.7 Å². The van der Waals surface area contributed by atoms with Gasteiger partial charge in [-0.3, -0.25) is 9.59 Å². The molecule has 2 heterocycles. The second-order valence-corrected chi connectivity index (χ2v) is 7.85. The van der Waals surface area contributed by atoms with Gasteiger partial charge in [0.05, 0.1) is 13.7 Å². The van der Waals surface area contributed by atoms with Crippen molar-refractivity contribution in [1.29, 1.82) is 0 Å². The number of aromatic nitrogens is 3. The highest BCUT2D eigenvalue weighted by Crippen LogP contribution is 2.27. The van der Waals surface area contributed by atoms with Gasteiger partial charge in [-0.2, -0.15) is 9.90 Å². The number of carbonyl (C=O) groups is 2. The van der Waals surface area contributed by atoms with Crippen LogP contribution in [-0.2, 0) is 11.3 Å². The van der Waals surface area contributed by atoms with Crippen molar-refractivity contribution < 1.29 is 14.3 Å². The van der Waals surface area contributed by atoms with E-state index in [0.717, 1.165) is 35.4 Å². The number of amides is 1. The molecule has 0 saturated heterocycles. The van der Waals surface area contributed by atoms with Gasteiger partial charge >= 0.3 is 0 Å². The van der Waals surface area contributed by atoms with Crippen LogP contribution >= 0.6 is 0 Å². The normalized spacial score (nSPS) is 13.6. The molecule has 0 saturated carbocycles. The topological polar surface area (TPSA) is 77.3 Å². The molecule has 3 aromatic rings. The molecule has 4 rings (SSSR count). The number of carbonyl (C=O) groups excluding carboxylic acids is 2. The van der Waals surface area contributed by atoms with Gasteiger partial charge in [0.2, 0.25) is 5.91 Å². The Morgan fingerprint density at radius 2 is 1.66 bits per heavy atom. The minimum atomic E-state index is -0.121. The van der Waals surface area contributed by atoms with Crippen molar-refractivity contribution in [2.24, 2.45) is 0 Å². The zero-order chi connectivity index (χ0) is 22.7. The monoisotopic (exact) mass is 430 g/mol. The fourth-order valence-corrected chi connectivity index (χ4v) is 3.80. The van der Waals surface area contributed by atoms with Crippen LogP contribution in [0.15, 0.2) is 54.6 Å². The van der Waals surface area contributed by atoms with Crippen molar-refractivity contribution in [3.63, 3.8) is 0 Å². The molecule has 0 bridgehead atoms. The van der Waals surface area contributed by atoms with Crippen LogP contribution in [0.5, 0.6) is 5.75 Å². The van der Waals surface area contributed by atoms with Crippen molar-refractivity contribution >= 4 is 17.3 Å². The van der Waals surface area contributed by atoms with E-state index in [0.29, 0.717) is 24.5 Å². The average Bonchev–Trinajstić information content (AvgIpc) is 3.24. The second-order valence-electron chi connectivity index (χ2n) is 7.85. The lowest BCUT2D eigenvalue weighted by Crippen LogP contribution is -2.32. The van der Waals surface area contributed by atoms with Crippen molar-refractivity contribution in [3.8, 4) is 17.0 Å². The van der Waals surface area contributed by atoms with Gasteiger partial charge in [0.15, 0.2) is 11.5 Å². The summed E-state index contributed by atoms with van der Waals surface area (Å²) in [5.74, 6) is 0.768. The lowest BCUT2D eigenvalue weighted by atomic mass is 9.97. The van der Waals surface area contributed by atoms with Crippen LogP contribution in [0.1, 0.15) is 41.9 Å². The van der Waals surface area contributed by atoms with Crippen LogP contribution in [-0.4, -0.2) is 51.8 Å². The second kappa shape index (κ2) is 9.18. The van der Waals surface area contributed by atoms with E-state index in [4.69, 9.17) is 4.74 Å². The number of nitrogens with zero attached hydrogens (tertiary/aromatic N) is 4. The van der Waals surface area contributed by atoms with Gasteiger partial charge in [-0.05, 0) is 35.3 Å². The van der Waals surface area contributed by atoms with E-state index in [2.05, 4.69) is 16.3 Å². The molecule has 1 amide bonds. The first-order valence-electron chi connectivity index (χ1n) is 10.6. The maximum absolute atomic E-state index is 12.2. The summed E-state index contributed by atoms with van der Waals surface area (Å²) in [6, 6.07) is 15.7. The molecule has 0 aliphatic carbocycles. The summed E-state index contributed by atoms with van der Waals surface area (Å²) in [6.45, 7) is 4.94. The molecule has 0 fully saturated rings. The number of methoxy groups -OCH3 is 1. The van der Waals surface area contributed by atoms with E-state index in [1.165, 1.54) is 12.5 Å². The number of ether oxygens (including phenoxy) is 1. The predicted molar refractivity (Wildman–Crippen MR) is 122 cm³/mol. The molecule has 0 atom stereocenters. The molecule has 2 aromatic carbocycles. The van der Waals surface area contributed by atoms with Crippen LogP contribution < -0.4 is 4.74 Å². The first-order chi connectivity index (χ1) is 15.4. The predicted octanol–water partition coefficient (Wildman–Crippen LogP) is 3.84. The fraction of sp³-hybridized carbons (Fsp3) is 0.280. The third-order valence-electron chi connectivity index (χ3n) is 5.66. The average molecular weight is 431 g/mol. The van der Waals surface area contributed by atoms with E-state index < -0.39 is 0 Å². The first-order valence-corrected chi connectivity index (χ1v) is 10.6. The summed E-state index contributed by atoms with van der Waals surface area (Å²) in [7, 11) is 1.63. The zero-order valence-electron chi connectivity index (χ0n) is 18.5. The van der Waals surface area contributed by atoms with Crippen LogP contribution in [0.25, 0.3) is 16.8 Å². The molecule has 0 radical (unpaired) electrons. The zero-order valence-corrected chi connectivity index (χ0v) is 18.5. The summed E-state index contributed by atoms with van der Waals surface area (Å²) in [5.41, 5.74) is 5.15. The van der Waals surface area contributed by atoms with E-state index in [9.17, 15) is 9.59 Å². The molecular formula is C25H26N4O3. The van der Waals surface area contributed by atoms with Crippen molar-refractivity contribution in [2.45, 2.75) is 26.8 Å². The molecule has 0 spiro atoms. The van der Waals surface area contributed by atoms with Crippen LogP contribution in [0.3, 0.4) is 0 Å². The molecule has 1 aliphatic heterocycles. The van der Waals surface area contributed by atoms with E-state index in [1.54, 1.807) is 18.8 Å². The molecule has 164 valence electrons. The lowest BCUT2D eigenvalue weighted by molar-refractivity contribution is -0.128. The molecule has 0 N–H and O–H groups in total. The highest BCUT2D eigenvalue weighted by molar-refractivity contribution is 5.97. The standard InChI is InChI=1S/C25H26N4O3/c1-17(30)24-25(27-29(26-24)16-19-4-10-23(32-3)11-5-19)22-8-6-20(7-9-22)21-12-14-28(15-13-21)18(2)31/h4-12H,13-16H2,1-3H3. The summed E-state index contributed by atoms with van der Waals surface area (Å²) < 4.78 is 5.20. The number of rotatable bonds is 6. The number of ketones is 1. The Balaban J connectivity index is 1.56. The van der Waals surface area contributed by atoms with Crippen LogP contribution in [0.2, 0.25) is 0 Å². The summed E-state index contributed by atoms with van der Waals surface area (Å²) in [6.07, 6.45) is 2.93. The third-order valence-corrected chi connectivity index (χ3v) is 5.66. The minimum Gasteiger partial charge on any atom is -0.497 e. The third kappa shape index (κ3) is 4.61. The molecule has 1 aliphatic rings. The van der Waals surface area contributed by atoms with Crippen LogP contribution in [0, 0.1) is 0 Å². The minimum absolute atomic E-state index is 0.102. The molecule has 0 unspecified atom stereocenters. The van der Waals surface area contributed by atoms with E-state index >= 15 is 0 Å². The molecule has 7 nitrogen and oxygen atoms in total. The maximum atomic E-state index is 12.2. The van der Waals surface area contributed by atoms with Crippen molar-refractivity contribution in [1.82, 2.24) is 19.9 Å². The van der Waals surface area contributed by atoms with Gasteiger partial charge < -0.3 is 9.64 Å². The van der Waals surface area contributed by atoms with Gasteiger partial charge in [-0.15, -0.1) is 5.10 Å². The van der Waals surface area contributed by atoms with E-state index in [1.807, 2.05) is 53.4 Å². The van der Waals surface area contributed by atoms with Crippen LogP contribution in [0.4, 0.5) is 0 Å². The van der Waals surface area contributed by atoms with Gasteiger partial charge in [-0.25, -0.2) is 0 Å². The molecular weight excluding hydrogens is 404 g/mol. The largest absolute Gasteiger partial charge is 0.497 e. The van der Waals surface area contributed by atoms with Gasteiger partial charge in [0.1, 0.15) is 11.4 Å².